The van der Waals surface area contributed by atoms with Crippen LogP contribution in [0.15, 0.2) is 4.42 Å². The first-order chi connectivity index (χ1) is 11.1. The Hall–Kier alpha value is -2.05. The third kappa shape index (κ3) is 4.27. The zero-order chi connectivity index (χ0) is 18.1. The van der Waals surface area contributed by atoms with Gasteiger partial charge in [-0.1, -0.05) is 13.8 Å². The molecule has 1 N–H and O–H groups in total. The van der Waals surface area contributed by atoms with Crippen LogP contribution < -0.4 is 5.32 Å². The van der Waals surface area contributed by atoms with Gasteiger partial charge < -0.3 is 14.5 Å². The van der Waals surface area contributed by atoms with Gasteiger partial charge in [-0.3, -0.25) is 9.69 Å². The minimum Gasteiger partial charge on any atom is -0.444 e. The number of carbonyl (C=O) groups excluding carboxylic acids is 2. The van der Waals surface area contributed by atoms with E-state index in [-0.39, 0.29) is 18.4 Å². The van der Waals surface area contributed by atoms with E-state index in [4.69, 9.17) is 9.15 Å². The third-order valence-corrected chi connectivity index (χ3v) is 3.78. The Balaban J connectivity index is 1.90. The number of nitrogens with zero attached hydrogens (tertiary/aromatic N) is 2. The van der Waals surface area contributed by atoms with Crippen molar-refractivity contribution in [3.8, 4) is 0 Å². The molecular formula is C17H27N3O4. The Morgan fingerprint density at radius 3 is 2.54 bits per heavy atom. The summed E-state index contributed by atoms with van der Waals surface area (Å²) in [6.07, 6.45) is 0.185. The Bertz CT molecular complexity index is 616. The number of amides is 2. The average Bonchev–Trinajstić information content (AvgIpc) is 2.74. The highest BCUT2D eigenvalue weighted by atomic mass is 16.6. The topological polar surface area (TPSA) is 84.7 Å². The summed E-state index contributed by atoms with van der Waals surface area (Å²) in [4.78, 5) is 30.2. The van der Waals surface area contributed by atoms with E-state index in [1.807, 2.05) is 20.8 Å². The Morgan fingerprint density at radius 2 is 2.08 bits per heavy atom. The maximum Gasteiger partial charge on any atom is 0.410 e. The molecule has 0 saturated carbocycles. The maximum atomic E-state index is 12.3. The Kier molecular flexibility index (Phi) is 5.20. The van der Waals surface area contributed by atoms with Crippen molar-refractivity contribution in [2.24, 2.45) is 0 Å². The number of nitrogens with one attached hydrogen (secondary N) is 1. The van der Waals surface area contributed by atoms with Gasteiger partial charge in [0.1, 0.15) is 17.4 Å². The summed E-state index contributed by atoms with van der Waals surface area (Å²) in [5.74, 6) is 1.31. The molecule has 0 bridgehead atoms. The molecule has 1 saturated heterocycles. The van der Waals surface area contributed by atoms with Crippen molar-refractivity contribution in [1.29, 1.82) is 0 Å². The Labute approximate surface area is 142 Å². The molecule has 0 unspecified atom stereocenters. The summed E-state index contributed by atoms with van der Waals surface area (Å²) in [7, 11) is 0. The van der Waals surface area contributed by atoms with Crippen molar-refractivity contribution in [3.63, 3.8) is 0 Å². The lowest BCUT2D eigenvalue weighted by Crippen LogP contribution is -2.59. The molecule has 24 heavy (non-hydrogen) atoms. The van der Waals surface area contributed by atoms with E-state index in [0.717, 1.165) is 5.69 Å². The van der Waals surface area contributed by atoms with Crippen LogP contribution in [-0.2, 0) is 16.1 Å². The SMILES string of the molecule is Cc1nc(C(C)C)oc1CNC(=O)[C@H]1CCN1C(=O)OC(C)(C)C. The highest BCUT2D eigenvalue weighted by Crippen LogP contribution is 2.22. The van der Waals surface area contributed by atoms with Crippen LogP contribution in [0.1, 0.15) is 64.3 Å². The number of hydrogen-bond acceptors (Lipinski definition) is 5. The number of aryl methyl sites for hydroxylation is 1. The van der Waals surface area contributed by atoms with Crippen molar-refractivity contribution < 1.29 is 18.7 Å². The van der Waals surface area contributed by atoms with Crippen LogP contribution in [0.4, 0.5) is 4.79 Å². The molecular weight excluding hydrogens is 310 g/mol. The van der Waals surface area contributed by atoms with E-state index in [1.54, 1.807) is 20.8 Å². The minimum atomic E-state index is -0.572. The monoisotopic (exact) mass is 337 g/mol. The van der Waals surface area contributed by atoms with E-state index >= 15 is 0 Å². The Morgan fingerprint density at radius 1 is 1.42 bits per heavy atom. The number of oxazole rings is 1. The van der Waals surface area contributed by atoms with E-state index in [2.05, 4.69) is 10.3 Å². The molecule has 7 nitrogen and oxygen atoms in total. The van der Waals surface area contributed by atoms with Gasteiger partial charge in [-0.25, -0.2) is 9.78 Å². The molecule has 1 aliphatic rings. The summed E-state index contributed by atoms with van der Waals surface area (Å²) < 4.78 is 11.0. The van der Waals surface area contributed by atoms with Crippen molar-refractivity contribution in [3.05, 3.63) is 17.3 Å². The van der Waals surface area contributed by atoms with Crippen LogP contribution in [0, 0.1) is 6.92 Å². The van der Waals surface area contributed by atoms with Crippen LogP contribution >= 0.6 is 0 Å². The fourth-order valence-electron chi connectivity index (χ4n) is 2.35. The first-order valence-corrected chi connectivity index (χ1v) is 8.32. The fraction of sp³-hybridized carbons (Fsp3) is 0.706. The number of rotatable bonds is 4. The molecule has 2 amide bonds. The van der Waals surface area contributed by atoms with Crippen LogP contribution in [0.5, 0.6) is 0 Å². The average molecular weight is 337 g/mol. The number of carbonyl (C=O) groups is 2. The van der Waals surface area contributed by atoms with Gasteiger partial charge in [-0.15, -0.1) is 0 Å². The highest BCUT2D eigenvalue weighted by molar-refractivity contribution is 5.87. The second kappa shape index (κ2) is 6.83. The molecule has 134 valence electrons. The van der Waals surface area contributed by atoms with Crippen LogP contribution in [0.2, 0.25) is 0 Å². The zero-order valence-electron chi connectivity index (χ0n) is 15.3. The zero-order valence-corrected chi connectivity index (χ0v) is 15.3. The molecule has 1 aromatic heterocycles. The second-order valence-corrected chi connectivity index (χ2v) is 7.41. The molecule has 2 rings (SSSR count). The first-order valence-electron chi connectivity index (χ1n) is 8.32. The van der Waals surface area contributed by atoms with Crippen LogP contribution in [0.3, 0.4) is 0 Å². The smallest absolute Gasteiger partial charge is 0.410 e. The number of ether oxygens (including phenoxy) is 1. The predicted octanol–water partition coefficient (Wildman–Crippen LogP) is 2.73. The molecule has 1 atom stereocenters. The van der Waals surface area contributed by atoms with E-state index in [1.165, 1.54) is 4.90 Å². The van der Waals surface area contributed by atoms with Gasteiger partial charge in [0.25, 0.3) is 0 Å². The van der Waals surface area contributed by atoms with Crippen LogP contribution in [0.25, 0.3) is 0 Å². The lowest BCUT2D eigenvalue weighted by molar-refractivity contribution is -0.130. The quantitative estimate of drug-likeness (QED) is 0.913. The maximum absolute atomic E-state index is 12.3. The summed E-state index contributed by atoms with van der Waals surface area (Å²) in [5.41, 5.74) is 0.203. The highest BCUT2D eigenvalue weighted by Gasteiger charge is 2.39. The summed E-state index contributed by atoms with van der Waals surface area (Å²) in [6, 6.07) is -0.479. The normalized spacial score (nSPS) is 17.6. The van der Waals surface area contributed by atoms with Crippen molar-refractivity contribution in [1.82, 2.24) is 15.2 Å². The van der Waals surface area contributed by atoms with Gasteiger partial charge >= 0.3 is 6.09 Å². The van der Waals surface area contributed by atoms with Crippen LogP contribution in [-0.4, -0.2) is 40.1 Å². The minimum absolute atomic E-state index is 0.197. The molecule has 0 aliphatic carbocycles. The molecule has 1 aliphatic heterocycles. The van der Waals surface area contributed by atoms with Gasteiger partial charge in [0.2, 0.25) is 5.91 Å². The van der Waals surface area contributed by atoms with Gasteiger partial charge in [-0.2, -0.15) is 0 Å². The summed E-state index contributed by atoms with van der Waals surface area (Å²) >= 11 is 0. The van der Waals surface area contributed by atoms with Gasteiger partial charge in [0.15, 0.2) is 5.89 Å². The van der Waals surface area contributed by atoms with Crippen molar-refractivity contribution >= 4 is 12.0 Å². The van der Waals surface area contributed by atoms with Gasteiger partial charge in [0, 0.05) is 12.5 Å². The number of aromatic nitrogens is 1. The molecule has 1 fully saturated rings. The summed E-state index contributed by atoms with van der Waals surface area (Å²) in [5, 5.41) is 2.82. The molecule has 2 heterocycles. The first kappa shape index (κ1) is 18.3. The fourth-order valence-corrected chi connectivity index (χ4v) is 2.35. The molecule has 1 aromatic rings. The van der Waals surface area contributed by atoms with E-state index < -0.39 is 17.7 Å². The van der Waals surface area contributed by atoms with Gasteiger partial charge in [0.05, 0.1) is 12.2 Å². The molecule has 0 radical (unpaired) electrons. The largest absolute Gasteiger partial charge is 0.444 e. The van der Waals surface area contributed by atoms with E-state index in [0.29, 0.717) is 24.6 Å². The van der Waals surface area contributed by atoms with Gasteiger partial charge in [-0.05, 0) is 34.1 Å². The molecule has 0 spiro atoms. The van der Waals surface area contributed by atoms with Crippen molar-refractivity contribution in [2.45, 2.75) is 72.1 Å². The standard InChI is InChI=1S/C17H27N3O4/c1-10(2)15-19-11(3)13(23-15)9-18-14(21)12-7-8-20(12)16(22)24-17(4,5)6/h10,12H,7-9H2,1-6H3,(H,18,21)/t12-/m1/s1. The lowest BCUT2D eigenvalue weighted by atomic mass is 10.0. The third-order valence-electron chi connectivity index (χ3n) is 3.78. The number of hydrogen-bond donors (Lipinski definition) is 1. The molecule has 7 heteroatoms. The summed E-state index contributed by atoms with van der Waals surface area (Å²) in [6.45, 7) is 12.1. The second-order valence-electron chi connectivity index (χ2n) is 7.41. The molecule has 0 aromatic carbocycles. The van der Waals surface area contributed by atoms with Crippen molar-refractivity contribution in [2.75, 3.05) is 6.54 Å². The van der Waals surface area contributed by atoms with E-state index in [9.17, 15) is 9.59 Å². The number of likely N-dealkylation sites (tertiary alicyclic amines) is 1. The predicted molar refractivity (Wildman–Crippen MR) is 88.5 cm³/mol. The lowest BCUT2D eigenvalue weighted by Gasteiger charge is -2.40.